The highest BCUT2D eigenvalue weighted by molar-refractivity contribution is 14.0. The number of rotatable bonds is 9. The van der Waals surface area contributed by atoms with E-state index >= 15 is 0 Å². The number of hydrogen-bond donors (Lipinski definition) is 2. The fourth-order valence-corrected chi connectivity index (χ4v) is 1.80. The molecule has 0 atom stereocenters. The van der Waals surface area contributed by atoms with Gasteiger partial charge in [-0.1, -0.05) is 26.0 Å². The molecule has 1 aromatic rings. The summed E-state index contributed by atoms with van der Waals surface area (Å²) < 4.78 is 18.4. The minimum atomic E-state index is -0.223. The van der Waals surface area contributed by atoms with E-state index in [1.165, 1.54) is 12.1 Å². The molecule has 0 aliphatic carbocycles. The van der Waals surface area contributed by atoms with Gasteiger partial charge >= 0.3 is 0 Å². The normalized spacial score (nSPS) is 11.3. The molecule has 0 aliphatic rings. The molecule has 0 fully saturated rings. The Morgan fingerprint density at radius 2 is 1.91 bits per heavy atom. The summed E-state index contributed by atoms with van der Waals surface area (Å²) in [4.78, 5) is 4.49. The molecule has 0 bridgehead atoms. The van der Waals surface area contributed by atoms with Gasteiger partial charge < -0.3 is 15.4 Å². The number of hydrogen-bond acceptors (Lipinski definition) is 2. The van der Waals surface area contributed by atoms with Crippen LogP contribution >= 0.6 is 24.0 Å². The number of nitrogens with zero attached hydrogens (tertiary/aromatic N) is 1. The van der Waals surface area contributed by atoms with Gasteiger partial charge in [0, 0.05) is 26.3 Å². The molecule has 2 N–H and O–H groups in total. The Morgan fingerprint density at radius 3 is 2.52 bits per heavy atom. The highest BCUT2D eigenvalue weighted by atomic mass is 127. The molecule has 6 heteroatoms. The van der Waals surface area contributed by atoms with Gasteiger partial charge in [0.2, 0.25) is 0 Å². The maximum Gasteiger partial charge on any atom is 0.191 e. The Balaban J connectivity index is 0.00000484. The molecule has 23 heavy (non-hydrogen) atoms. The Morgan fingerprint density at radius 1 is 1.22 bits per heavy atom. The second-order valence-corrected chi connectivity index (χ2v) is 5.57. The van der Waals surface area contributed by atoms with Gasteiger partial charge in [-0.15, -0.1) is 24.0 Å². The molecule has 0 amide bonds. The van der Waals surface area contributed by atoms with E-state index in [0.717, 1.165) is 44.2 Å². The summed E-state index contributed by atoms with van der Waals surface area (Å²) in [6.07, 6.45) is 0.938. The van der Waals surface area contributed by atoms with Gasteiger partial charge in [-0.2, -0.15) is 0 Å². The molecule has 132 valence electrons. The largest absolute Gasteiger partial charge is 0.381 e. The standard InChI is InChI=1S/C17H28FN3O.HI/c1-4-19-17(20-10-5-11-22-13-14(2)3)21-12-15-6-8-16(18)9-7-15;/h6-9,14H,4-5,10-13H2,1-3H3,(H2,19,20,21);1H. The number of nitrogens with one attached hydrogen (secondary N) is 2. The van der Waals surface area contributed by atoms with Crippen molar-refractivity contribution in [2.45, 2.75) is 33.7 Å². The molecule has 0 aromatic heterocycles. The average molecular weight is 437 g/mol. The fourth-order valence-electron chi connectivity index (χ4n) is 1.80. The van der Waals surface area contributed by atoms with Crippen molar-refractivity contribution in [3.8, 4) is 0 Å². The molecule has 0 radical (unpaired) electrons. The number of aliphatic imine (C=N–C) groups is 1. The van der Waals surface area contributed by atoms with Crippen molar-refractivity contribution in [1.29, 1.82) is 0 Å². The number of guanidine groups is 1. The van der Waals surface area contributed by atoms with Crippen LogP contribution < -0.4 is 10.6 Å². The summed E-state index contributed by atoms with van der Waals surface area (Å²) in [5, 5.41) is 6.47. The van der Waals surface area contributed by atoms with Gasteiger partial charge in [-0.3, -0.25) is 0 Å². The maximum atomic E-state index is 12.9. The number of halogens is 2. The van der Waals surface area contributed by atoms with E-state index in [1.54, 1.807) is 12.1 Å². The summed E-state index contributed by atoms with van der Waals surface area (Å²) in [6, 6.07) is 6.42. The second-order valence-electron chi connectivity index (χ2n) is 5.57. The van der Waals surface area contributed by atoms with E-state index in [-0.39, 0.29) is 29.8 Å². The van der Waals surface area contributed by atoms with Crippen LogP contribution in [-0.4, -0.2) is 32.3 Å². The average Bonchev–Trinajstić information content (AvgIpc) is 2.49. The Labute approximate surface area is 156 Å². The van der Waals surface area contributed by atoms with Crippen LogP contribution in [0.1, 0.15) is 32.8 Å². The molecule has 0 spiro atoms. The summed E-state index contributed by atoms with van der Waals surface area (Å²) in [5.41, 5.74) is 0.985. The van der Waals surface area contributed by atoms with Gasteiger partial charge in [0.05, 0.1) is 6.54 Å². The molecular formula is C17H29FIN3O. The lowest BCUT2D eigenvalue weighted by molar-refractivity contribution is 0.108. The quantitative estimate of drug-likeness (QED) is 0.269. The van der Waals surface area contributed by atoms with Crippen LogP contribution in [-0.2, 0) is 11.3 Å². The third-order valence-corrected chi connectivity index (χ3v) is 2.89. The first kappa shape index (κ1) is 22.1. The molecule has 0 saturated heterocycles. The predicted octanol–water partition coefficient (Wildman–Crippen LogP) is 3.56. The van der Waals surface area contributed by atoms with E-state index < -0.39 is 0 Å². The van der Waals surface area contributed by atoms with Gasteiger partial charge in [-0.05, 0) is 37.0 Å². The van der Waals surface area contributed by atoms with Crippen molar-refractivity contribution in [1.82, 2.24) is 10.6 Å². The van der Waals surface area contributed by atoms with Crippen molar-refractivity contribution in [3.05, 3.63) is 35.6 Å². The van der Waals surface area contributed by atoms with Crippen molar-refractivity contribution in [3.63, 3.8) is 0 Å². The monoisotopic (exact) mass is 437 g/mol. The zero-order chi connectivity index (χ0) is 16.2. The van der Waals surface area contributed by atoms with E-state index in [0.29, 0.717) is 12.5 Å². The Bertz CT molecular complexity index is 438. The third-order valence-electron chi connectivity index (χ3n) is 2.89. The lowest BCUT2D eigenvalue weighted by Gasteiger charge is -2.12. The molecular weight excluding hydrogens is 408 g/mol. The second kappa shape index (κ2) is 13.5. The third kappa shape index (κ3) is 11.3. The van der Waals surface area contributed by atoms with Crippen LogP contribution in [0, 0.1) is 11.7 Å². The first-order valence-electron chi connectivity index (χ1n) is 7.96. The minimum absolute atomic E-state index is 0. The van der Waals surface area contributed by atoms with Crippen LogP contribution in [0.5, 0.6) is 0 Å². The molecule has 1 aromatic carbocycles. The summed E-state index contributed by atoms with van der Waals surface area (Å²) in [7, 11) is 0. The number of benzene rings is 1. The first-order valence-corrected chi connectivity index (χ1v) is 7.96. The van der Waals surface area contributed by atoms with E-state index in [1.807, 2.05) is 6.92 Å². The topological polar surface area (TPSA) is 45.7 Å². The number of ether oxygens (including phenoxy) is 1. The molecule has 4 nitrogen and oxygen atoms in total. The summed E-state index contributed by atoms with van der Waals surface area (Å²) in [6.45, 7) is 10.0. The minimum Gasteiger partial charge on any atom is -0.381 e. The van der Waals surface area contributed by atoms with Gasteiger partial charge in [0.1, 0.15) is 5.82 Å². The maximum absolute atomic E-state index is 12.9. The van der Waals surface area contributed by atoms with Crippen molar-refractivity contribution >= 4 is 29.9 Å². The van der Waals surface area contributed by atoms with Crippen LogP contribution in [0.25, 0.3) is 0 Å². The van der Waals surface area contributed by atoms with Crippen molar-refractivity contribution < 1.29 is 9.13 Å². The molecule has 0 aliphatic heterocycles. The zero-order valence-corrected chi connectivity index (χ0v) is 16.6. The summed E-state index contributed by atoms with van der Waals surface area (Å²) in [5.74, 6) is 1.12. The SMILES string of the molecule is CCNC(=NCc1ccc(F)cc1)NCCCOCC(C)C.I. The van der Waals surface area contributed by atoms with E-state index in [9.17, 15) is 4.39 Å². The first-order chi connectivity index (χ1) is 10.6. The van der Waals surface area contributed by atoms with Crippen LogP contribution in [0.4, 0.5) is 4.39 Å². The molecule has 0 heterocycles. The lowest BCUT2D eigenvalue weighted by atomic mass is 10.2. The van der Waals surface area contributed by atoms with Gasteiger partial charge in [0.25, 0.3) is 0 Å². The highest BCUT2D eigenvalue weighted by Gasteiger charge is 1.99. The predicted molar refractivity (Wildman–Crippen MR) is 105 cm³/mol. The Kier molecular flexibility index (Phi) is 13.0. The van der Waals surface area contributed by atoms with Crippen LogP contribution in [0.15, 0.2) is 29.3 Å². The molecule has 0 saturated carbocycles. The highest BCUT2D eigenvalue weighted by Crippen LogP contribution is 2.03. The van der Waals surface area contributed by atoms with Crippen LogP contribution in [0.3, 0.4) is 0 Å². The fraction of sp³-hybridized carbons (Fsp3) is 0.588. The van der Waals surface area contributed by atoms with Gasteiger partial charge in [0.15, 0.2) is 5.96 Å². The van der Waals surface area contributed by atoms with Crippen LogP contribution in [0.2, 0.25) is 0 Å². The van der Waals surface area contributed by atoms with Crippen molar-refractivity contribution in [2.75, 3.05) is 26.3 Å². The Hall–Kier alpha value is -0.890. The smallest absolute Gasteiger partial charge is 0.191 e. The zero-order valence-electron chi connectivity index (χ0n) is 14.3. The molecule has 0 unspecified atom stereocenters. The lowest BCUT2D eigenvalue weighted by Crippen LogP contribution is -2.38. The van der Waals surface area contributed by atoms with Gasteiger partial charge in [-0.25, -0.2) is 9.38 Å². The van der Waals surface area contributed by atoms with Crippen molar-refractivity contribution in [2.24, 2.45) is 10.9 Å². The van der Waals surface area contributed by atoms with E-state index in [4.69, 9.17) is 4.74 Å². The summed E-state index contributed by atoms with van der Waals surface area (Å²) >= 11 is 0. The van der Waals surface area contributed by atoms with E-state index in [2.05, 4.69) is 29.5 Å². The molecule has 1 rings (SSSR count).